The summed E-state index contributed by atoms with van der Waals surface area (Å²) in [5.74, 6) is -0.00321. The van der Waals surface area contributed by atoms with Crippen LogP contribution in [0.2, 0.25) is 5.02 Å². The molecule has 1 heterocycles. The highest BCUT2D eigenvalue weighted by atomic mass is 35.5. The minimum atomic E-state index is -0.887. The molecule has 5 nitrogen and oxygen atoms in total. The Morgan fingerprint density at radius 3 is 2.25 bits per heavy atom. The van der Waals surface area contributed by atoms with Crippen molar-refractivity contribution in [3.8, 4) is 5.75 Å². The van der Waals surface area contributed by atoms with E-state index in [0.717, 1.165) is 66.7 Å². The molecule has 2 aromatic carbocycles. The van der Waals surface area contributed by atoms with Gasteiger partial charge in [-0.25, -0.2) is 4.79 Å². The summed E-state index contributed by atoms with van der Waals surface area (Å²) >= 11 is 6.20. The number of benzene rings is 2. The number of anilines is 1. The van der Waals surface area contributed by atoms with Gasteiger partial charge in [0, 0.05) is 43.4 Å². The quantitative estimate of drug-likeness (QED) is 0.702. The van der Waals surface area contributed by atoms with Gasteiger partial charge in [0.25, 0.3) is 0 Å². The number of carboxylic acids is 1. The highest BCUT2D eigenvalue weighted by molar-refractivity contribution is 6.32. The van der Waals surface area contributed by atoms with E-state index in [-0.39, 0.29) is 0 Å². The molecule has 0 amide bonds. The largest absolute Gasteiger partial charge is 0.494 e. The van der Waals surface area contributed by atoms with Gasteiger partial charge in [0.15, 0.2) is 0 Å². The highest BCUT2D eigenvalue weighted by Crippen LogP contribution is 2.26. The molecule has 1 N–H and O–H groups in total. The predicted molar refractivity (Wildman–Crippen MR) is 113 cm³/mol. The molecular formula is C22H27ClN2O3. The zero-order chi connectivity index (χ0) is 20.1. The van der Waals surface area contributed by atoms with Gasteiger partial charge in [-0.2, -0.15) is 0 Å². The first-order valence-corrected chi connectivity index (χ1v) is 10.0. The Kier molecular flexibility index (Phi) is 6.81. The van der Waals surface area contributed by atoms with Gasteiger partial charge in [-0.1, -0.05) is 11.6 Å². The molecule has 1 aliphatic heterocycles. The zero-order valence-electron chi connectivity index (χ0n) is 16.4. The fourth-order valence-corrected chi connectivity index (χ4v) is 3.62. The lowest BCUT2D eigenvalue weighted by atomic mass is 10.1. The number of piperazine rings is 1. The van der Waals surface area contributed by atoms with Crippen LogP contribution in [0.5, 0.6) is 5.75 Å². The Balaban J connectivity index is 1.39. The van der Waals surface area contributed by atoms with Crippen LogP contribution in [-0.4, -0.2) is 55.3 Å². The Bertz CT molecular complexity index is 792. The number of aryl methyl sites for hydroxylation is 2. The van der Waals surface area contributed by atoms with Gasteiger partial charge >= 0.3 is 5.97 Å². The van der Waals surface area contributed by atoms with E-state index in [0.29, 0.717) is 12.2 Å². The van der Waals surface area contributed by atoms with Crippen molar-refractivity contribution in [3.63, 3.8) is 0 Å². The first-order chi connectivity index (χ1) is 13.4. The maximum absolute atomic E-state index is 11.0. The van der Waals surface area contributed by atoms with Gasteiger partial charge in [-0.3, -0.25) is 4.90 Å². The Hall–Kier alpha value is -2.24. The first-order valence-electron chi connectivity index (χ1n) is 9.64. The Labute approximate surface area is 171 Å². The molecule has 0 unspecified atom stereocenters. The normalized spacial score (nSPS) is 14.9. The van der Waals surface area contributed by atoms with Gasteiger partial charge < -0.3 is 14.7 Å². The molecule has 28 heavy (non-hydrogen) atoms. The third-order valence-corrected chi connectivity index (χ3v) is 5.75. The molecular weight excluding hydrogens is 376 g/mol. The lowest BCUT2D eigenvalue weighted by Crippen LogP contribution is -2.46. The second-order valence-corrected chi connectivity index (χ2v) is 7.63. The molecule has 0 atom stereocenters. The molecule has 6 heteroatoms. The predicted octanol–water partition coefficient (Wildman–Crippen LogP) is 4.25. The van der Waals surface area contributed by atoms with Gasteiger partial charge in [0.05, 0.1) is 12.2 Å². The van der Waals surface area contributed by atoms with Gasteiger partial charge in [-0.15, -0.1) is 0 Å². The minimum Gasteiger partial charge on any atom is -0.494 e. The summed E-state index contributed by atoms with van der Waals surface area (Å²) in [7, 11) is 0. The standard InChI is InChI=1S/C22H27ClN2O3/c1-16-14-20(15-17(2)21(16)23)28-13-3-8-24-9-11-25(12-10-24)19-6-4-18(5-7-19)22(26)27/h4-7,14-15H,3,8-13H2,1-2H3,(H,26,27). The fraction of sp³-hybridized carbons (Fsp3) is 0.409. The number of halogens is 1. The second-order valence-electron chi connectivity index (χ2n) is 7.25. The molecule has 1 fully saturated rings. The van der Waals surface area contributed by atoms with Crippen LogP contribution in [0.15, 0.2) is 36.4 Å². The third-order valence-electron chi connectivity index (χ3n) is 5.15. The lowest BCUT2D eigenvalue weighted by molar-refractivity contribution is 0.0697. The molecule has 0 aliphatic carbocycles. The zero-order valence-corrected chi connectivity index (χ0v) is 17.2. The van der Waals surface area contributed by atoms with Gasteiger partial charge in [0.2, 0.25) is 0 Å². The molecule has 0 radical (unpaired) electrons. The average Bonchev–Trinajstić information content (AvgIpc) is 2.70. The van der Waals surface area contributed by atoms with Crippen LogP contribution in [0.25, 0.3) is 0 Å². The van der Waals surface area contributed by atoms with E-state index in [4.69, 9.17) is 21.4 Å². The van der Waals surface area contributed by atoms with Crippen LogP contribution in [0.4, 0.5) is 5.69 Å². The lowest BCUT2D eigenvalue weighted by Gasteiger charge is -2.36. The first kappa shape index (κ1) is 20.5. The highest BCUT2D eigenvalue weighted by Gasteiger charge is 2.17. The maximum atomic E-state index is 11.0. The minimum absolute atomic E-state index is 0.327. The topological polar surface area (TPSA) is 53.0 Å². The van der Waals surface area contributed by atoms with Crippen molar-refractivity contribution < 1.29 is 14.6 Å². The summed E-state index contributed by atoms with van der Waals surface area (Å²) in [6.45, 7) is 9.59. The van der Waals surface area contributed by atoms with Crippen LogP contribution in [0, 0.1) is 13.8 Å². The van der Waals surface area contributed by atoms with E-state index >= 15 is 0 Å². The van der Waals surface area contributed by atoms with E-state index < -0.39 is 5.97 Å². The van der Waals surface area contributed by atoms with Crippen LogP contribution in [-0.2, 0) is 0 Å². The van der Waals surface area contributed by atoms with E-state index in [9.17, 15) is 4.79 Å². The van der Waals surface area contributed by atoms with Crippen LogP contribution < -0.4 is 9.64 Å². The van der Waals surface area contributed by atoms with Crippen molar-refractivity contribution in [2.75, 3.05) is 44.2 Å². The maximum Gasteiger partial charge on any atom is 0.335 e. The summed E-state index contributed by atoms with van der Waals surface area (Å²) in [6, 6.07) is 11.1. The second kappa shape index (κ2) is 9.30. The molecule has 0 bridgehead atoms. The Morgan fingerprint density at radius 1 is 1.07 bits per heavy atom. The number of ether oxygens (including phenoxy) is 1. The van der Waals surface area contributed by atoms with Crippen LogP contribution in [0.3, 0.4) is 0 Å². The number of aromatic carboxylic acids is 1. The Morgan fingerprint density at radius 2 is 1.68 bits per heavy atom. The molecule has 0 spiro atoms. The van der Waals surface area contributed by atoms with E-state index in [2.05, 4.69) is 9.80 Å². The third kappa shape index (κ3) is 5.18. The number of rotatable bonds is 7. The number of carbonyl (C=O) groups is 1. The number of hydrogen-bond acceptors (Lipinski definition) is 4. The smallest absolute Gasteiger partial charge is 0.335 e. The summed E-state index contributed by atoms with van der Waals surface area (Å²) < 4.78 is 5.89. The number of hydrogen-bond donors (Lipinski definition) is 1. The molecule has 0 aromatic heterocycles. The molecule has 1 saturated heterocycles. The fourth-order valence-electron chi connectivity index (χ4n) is 3.51. The summed E-state index contributed by atoms with van der Waals surface area (Å²) in [5, 5.41) is 9.81. The van der Waals surface area contributed by atoms with Crippen molar-refractivity contribution in [2.45, 2.75) is 20.3 Å². The number of carboxylic acid groups (broad SMARTS) is 1. The van der Waals surface area contributed by atoms with Crippen LogP contribution >= 0.6 is 11.6 Å². The molecule has 150 valence electrons. The van der Waals surface area contributed by atoms with Crippen molar-refractivity contribution in [1.29, 1.82) is 0 Å². The van der Waals surface area contributed by atoms with Gasteiger partial charge in [0.1, 0.15) is 5.75 Å². The summed E-state index contributed by atoms with van der Waals surface area (Å²) in [4.78, 5) is 15.7. The van der Waals surface area contributed by atoms with E-state index in [1.165, 1.54) is 0 Å². The van der Waals surface area contributed by atoms with Crippen molar-refractivity contribution in [2.24, 2.45) is 0 Å². The molecule has 0 saturated carbocycles. The SMILES string of the molecule is Cc1cc(OCCCN2CCN(c3ccc(C(=O)O)cc3)CC2)cc(C)c1Cl. The van der Waals surface area contributed by atoms with Crippen molar-refractivity contribution >= 4 is 23.3 Å². The summed E-state index contributed by atoms with van der Waals surface area (Å²) in [6.07, 6.45) is 0.980. The van der Waals surface area contributed by atoms with E-state index in [1.54, 1.807) is 12.1 Å². The molecule has 2 aromatic rings. The molecule has 3 rings (SSSR count). The number of nitrogens with zero attached hydrogens (tertiary/aromatic N) is 2. The van der Waals surface area contributed by atoms with Crippen molar-refractivity contribution in [1.82, 2.24) is 4.90 Å². The van der Waals surface area contributed by atoms with Crippen molar-refractivity contribution in [3.05, 3.63) is 58.1 Å². The van der Waals surface area contributed by atoms with Gasteiger partial charge in [-0.05, 0) is 67.8 Å². The van der Waals surface area contributed by atoms with Crippen LogP contribution in [0.1, 0.15) is 27.9 Å². The summed E-state index contributed by atoms with van der Waals surface area (Å²) in [5.41, 5.74) is 3.50. The van der Waals surface area contributed by atoms with E-state index in [1.807, 2.05) is 38.1 Å². The molecule has 1 aliphatic rings. The monoisotopic (exact) mass is 402 g/mol. The average molecular weight is 403 g/mol.